The number of aromatic amines is 1. The van der Waals surface area contributed by atoms with E-state index in [0.717, 1.165) is 72.2 Å². The first kappa shape index (κ1) is 28.7. The number of aryl methyl sites for hydroxylation is 1. The first-order valence-electron chi connectivity index (χ1n) is 13.7. The lowest BCUT2D eigenvalue weighted by molar-refractivity contribution is -0.0538. The molecule has 4 aromatic rings. The molecule has 0 spiro atoms. The van der Waals surface area contributed by atoms with Crippen LogP contribution in [-0.2, 0) is 6.42 Å². The maximum Gasteiger partial charge on any atom is 0.178 e. The van der Waals surface area contributed by atoms with Crippen LogP contribution in [0.2, 0.25) is 5.02 Å². The van der Waals surface area contributed by atoms with E-state index in [4.69, 9.17) is 26.1 Å². The lowest BCUT2D eigenvalue weighted by atomic mass is 10.0. The van der Waals surface area contributed by atoms with E-state index in [1.54, 1.807) is 6.92 Å². The van der Waals surface area contributed by atoms with Crippen molar-refractivity contribution in [3.63, 3.8) is 0 Å². The molecule has 6 nitrogen and oxygen atoms in total. The van der Waals surface area contributed by atoms with Gasteiger partial charge in [0.15, 0.2) is 6.23 Å². The van der Waals surface area contributed by atoms with Crippen molar-refractivity contribution in [3.8, 4) is 39.9 Å². The molecule has 2 N–H and O–H groups in total. The third kappa shape index (κ3) is 7.41. The molecule has 0 saturated heterocycles. The number of aliphatic hydroxyl groups is 1. The minimum atomic E-state index is -0.607. The normalized spacial score (nSPS) is 12.9. The molecule has 0 amide bonds. The van der Waals surface area contributed by atoms with E-state index >= 15 is 0 Å². The molecule has 2 atom stereocenters. The van der Waals surface area contributed by atoms with Gasteiger partial charge in [0.25, 0.3) is 0 Å². The molecule has 7 heteroatoms. The predicted molar refractivity (Wildman–Crippen MR) is 159 cm³/mol. The lowest BCUT2D eigenvalue weighted by Crippen LogP contribution is -2.46. The number of benzene rings is 3. The number of ether oxygens (including phenoxy) is 2. The Morgan fingerprint density at radius 3 is 2.23 bits per heavy atom. The fraction of sp³-hybridized carbons (Fsp3) is 0.344. The molecule has 2 unspecified atom stereocenters. The molecule has 1 heterocycles. The SMILES string of the molecule is CCCCc1cc(Oc2ccc(Cl)cc2)ccc1-c1ncc(-c2ccc(OC(C(C)O)N(CC)CC)cc2)[nH]1. The molecule has 0 aliphatic heterocycles. The average Bonchev–Trinajstić information content (AvgIpc) is 3.44. The Labute approximate surface area is 236 Å². The molecule has 0 saturated carbocycles. The Morgan fingerprint density at radius 1 is 0.923 bits per heavy atom. The molecule has 206 valence electrons. The highest BCUT2D eigenvalue weighted by molar-refractivity contribution is 6.30. The van der Waals surface area contributed by atoms with Gasteiger partial charge in [0.2, 0.25) is 0 Å². The van der Waals surface area contributed by atoms with Gasteiger partial charge >= 0.3 is 0 Å². The summed E-state index contributed by atoms with van der Waals surface area (Å²) < 4.78 is 12.2. The van der Waals surface area contributed by atoms with Gasteiger partial charge in [-0.1, -0.05) is 38.8 Å². The smallest absolute Gasteiger partial charge is 0.178 e. The second-order valence-electron chi connectivity index (χ2n) is 9.62. The molecule has 39 heavy (non-hydrogen) atoms. The molecule has 4 rings (SSSR count). The lowest BCUT2D eigenvalue weighted by Gasteiger charge is -2.32. The Bertz CT molecular complexity index is 1320. The number of likely N-dealkylation sites (N-methyl/N-ethyl adjacent to an activating group) is 1. The number of unbranched alkanes of at least 4 members (excludes halogenated alkanes) is 1. The van der Waals surface area contributed by atoms with E-state index < -0.39 is 12.3 Å². The van der Waals surface area contributed by atoms with Crippen LogP contribution in [0.3, 0.4) is 0 Å². The topological polar surface area (TPSA) is 70.6 Å². The van der Waals surface area contributed by atoms with Crippen LogP contribution in [0, 0.1) is 0 Å². The summed E-state index contributed by atoms with van der Waals surface area (Å²) in [6.07, 6.45) is 3.98. The molecular formula is C32H38ClN3O3. The van der Waals surface area contributed by atoms with Crippen molar-refractivity contribution < 1.29 is 14.6 Å². The zero-order valence-electron chi connectivity index (χ0n) is 23.2. The van der Waals surface area contributed by atoms with Crippen molar-refractivity contribution >= 4 is 11.6 Å². The summed E-state index contributed by atoms with van der Waals surface area (Å²) >= 11 is 6.01. The maximum atomic E-state index is 10.2. The zero-order valence-corrected chi connectivity index (χ0v) is 23.9. The number of hydrogen-bond donors (Lipinski definition) is 2. The van der Waals surface area contributed by atoms with Crippen molar-refractivity contribution in [2.75, 3.05) is 13.1 Å². The second kappa shape index (κ2) is 13.7. The third-order valence-electron chi connectivity index (χ3n) is 6.76. The number of halogens is 1. The van der Waals surface area contributed by atoms with Gasteiger partial charge in [-0.3, -0.25) is 4.90 Å². The van der Waals surface area contributed by atoms with Crippen LogP contribution in [0.15, 0.2) is 72.9 Å². The number of H-pyrrole nitrogens is 1. The highest BCUT2D eigenvalue weighted by Crippen LogP contribution is 2.32. The standard InChI is InChI=1S/C32H38ClN3O3/c1-5-8-9-24-20-28(38-26-16-12-25(33)13-17-26)18-19-29(24)31-34-21-30(35-31)23-10-14-27(15-11-23)39-32(22(4)37)36(6-2)7-3/h10-22,32,37H,5-9H2,1-4H3,(H,34,35). The van der Waals surface area contributed by atoms with Crippen molar-refractivity contribution in [2.24, 2.45) is 0 Å². The second-order valence-corrected chi connectivity index (χ2v) is 10.1. The molecule has 1 aromatic heterocycles. The van der Waals surface area contributed by atoms with E-state index in [1.165, 1.54) is 5.56 Å². The first-order valence-corrected chi connectivity index (χ1v) is 14.1. The fourth-order valence-electron chi connectivity index (χ4n) is 4.60. The molecule has 3 aromatic carbocycles. The number of aliphatic hydroxyl groups excluding tert-OH is 1. The Hall–Kier alpha value is -3.32. The van der Waals surface area contributed by atoms with Crippen molar-refractivity contribution in [1.29, 1.82) is 0 Å². The summed E-state index contributed by atoms with van der Waals surface area (Å²) in [5.41, 5.74) is 4.19. The van der Waals surface area contributed by atoms with Crippen molar-refractivity contribution in [1.82, 2.24) is 14.9 Å². The van der Waals surface area contributed by atoms with Crippen LogP contribution >= 0.6 is 11.6 Å². The summed E-state index contributed by atoms with van der Waals surface area (Å²) in [6, 6.07) is 21.4. The van der Waals surface area contributed by atoms with Gasteiger partial charge in [-0.2, -0.15) is 0 Å². The Balaban J connectivity index is 1.53. The van der Waals surface area contributed by atoms with Crippen LogP contribution in [-0.4, -0.2) is 45.4 Å². The summed E-state index contributed by atoms with van der Waals surface area (Å²) in [6.45, 7) is 9.68. The van der Waals surface area contributed by atoms with Gasteiger partial charge in [-0.25, -0.2) is 4.98 Å². The van der Waals surface area contributed by atoms with Gasteiger partial charge in [-0.05, 0) is 111 Å². The minimum absolute atomic E-state index is 0.391. The van der Waals surface area contributed by atoms with Crippen LogP contribution < -0.4 is 9.47 Å². The maximum absolute atomic E-state index is 10.2. The quantitative estimate of drug-likeness (QED) is 0.166. The van der Waals surface area contributed by atoms with E-state index in [9.17, 15) is 5.11 Å². The molecular weight excluding hydrogens is 510 g/mol. The van der Waals surface area contributed by atoms with E-state index in [-0.39, 0.29) is 0 Å². The Morgan fingerprint density at radius 2 is 1.59 bits per heavy atom. The van der Waals surface area contributed by atoms with Gasteiger partial charge < -0.3 is 19.6 Å². The van der Waals surface area contributed by atoms with Gasteiger partial charge in [0, 0.05) is 10.6 Å². The highest BCUT2D eigenvalue weighted by atomic mass is 35.5. The van der Waals surface area contributed by atoms with Crippen LogP contribution in [0.4, 0.5) is 0 Å². The zero-order chi connectivity index (χ0) is 27.8. The molecule has 0 fully saturated rings. The van der Waals surface area contributed by atoms with Gasteiger partial charge in [0.1, 0.15) is 29.2 Å². The van der Waals surface area contributed by atoms with Crippen LogP contribution in [0.5, 0.6) is 17.2 Å². The largest absolute Gasteiger partial charge is 0.472 e. The predicted octanol–water partition coefficient (Wildman–Crippen LogP) is 7.96. The van der Waals surface area contributed by atoms with Crippen molar-refractivity contribution in [3.05, 3.63) is 83.5 Å². The first-order chi connectivity index (χ1) is 18.9. The Kier molecular flexibility index (Phi) is 10.0. The van der Waals surface area contributed by atoms with Gasteiger partial charge in [-0.15, -0.1) is 0 Å². The molecule has 0 bridgehead atoms. The number of imidazole rings is 1. The summed E-state index contributed by atoms with van der Waals surface area (Å²) in [4.78, 5) is 10.3. The molecule has 0 aliphatic rings. The van der Waals surface area contributed by atoms with Crippen LogP contribution in [0.1, 0.15) is 46.1 Å². The highest BCUT2D eigenvalue weighted by Gasteiger charge is 2.23. The summed E-state index contributed by atoms with van der Waals surface area (Å²) in [5, 5.41) is 10.9. The average molecular weight is 548 g/mol. The van der Waals surface area contributed by atoms with Crippen LogP contribution in [0.25, 0.3) is 22.6 Å². The minimum Gasteiger partial charge on any atom is -0.472 e. The number of rotatable bonds is 13. The van der Waals surface area contributed by atoms with E-state index in [1.807, 2.05) is 60.8 Å². The molecule has 0 radical (unpaired) electrons. The summed E-state index contributed by atoms with van der Waals surface area (Å²) in [5.74, 6) is 3.08. The fourth-order valence-corrected chi connectivity index (χ4v) is 4.72. The van der Waals surface area contributed by atoms with Gasteiger partial charge in [0.05, 0.1) is 11.9 Å². The third-order valence-corrected chi connectivity index (χ3v) is 7.02. The monoisotopic (exact) mass is 547 g/mol. The molecule has 0 aliphatic carbocycles. The number of nitrogens with zero attached hydrogens (tertiary/aromatic N) is 2. The number of aromatic nitrogens is 2. The van der Waals surface area contributed by atoms with E-state index in [0.29, 0.717) is 5.02 Å². The number of hydrogen-bond acceptors (Lipinski definition) is 5. The number of nitrogens with one attached hydrogen (secondary N) is 1. The van der Waals surface area contributed by atoms with Crippen molar-refractivity contribution in [2.45, 2.75) is 59.3 Å². The van der Waals surface area contributed by atoms with E-state index in [2.05, 4.69) is 42.8 Å². The summed E-state index contributed by atoms with van der Waals surface area (Å²) in [7, 11) is 0.